The fourth-order valence-electron chi connectivity index (χ4n) is 2.04. The number of benzene rings is 2. The van der Waals surface area contributed by atoms with E-state index >= 15 is 0 Å². The molecule has 0 spiro atoms. The predicted octanol–water partition coefficient (Wildman–Crippen LogP) is 2.84. The highest BCUT2D eigenvalue weighted by molar-refractivity contribution is 6.04. The molecule has 2 N–H and O–H groups in total. The lowest BCUT2D eigenvalue weighted by molar-refractivity contribution is -0.122. The number of amides is 2. The summed E-state index contributed by atoms with van der Waals surface area (Å²) in [4.78, 5) is 24.3. The Labute approximate surface area is 135 Å². The van der Waals surface area contributed by atoms with E-state index in [0.29, 0.717) is 23.5 Å². The van der Waals surface area contributed by atoms with Gasteiger partial charge < -0.3 is 15.4 Å². The van der Waals surface area contributed by atoms with E-state index in [4.69, 9.17) is 4.74 Å². The summed E-state index contributed by atoms with van der Waals surface area (Å²) >= 11 is 0. The molecule has 0 radical (unpaired) electrons. The van der Waals surface area contributed by atoms with Crippen LogP contribution in [0, 0.1) is 0 Å². The van der Waals surface area contributed by atoms with E-state index in [1.54, 1.807) is 43.3 Å². The van der Waals surface area contributed by atoms with Crippen LogP contribution in [-0.4, -0.2) is 24.5 Å². The second-order valence-electron chi connectivity index (χ2n) is 4.97. The normalized spacial score (nSPS) is 11.4. The van der Waals surface area contributed by atoms with Gasteiger partial charge in [-0.2, -0.15) is 0 Å². The molecule has 2 amide bonds. The van der Waals surface area contributed by atoms with Crippen molar-refractivity contribution >= 4 is 17.5 Å². The van der Waals surface area contributed by atoms with E-state index < -0.39 is 6.10 Å². The van der Waals surface area contributed by atoms with Crippen molar-refractivity contribution in [2.75, 3.05) is 11.9 Å². The Morgan fingerprint density at radius 2 is 1.70 bits per heavy atom. The number of para-hydroxylation sites is 2. The van der Waals surface area contributed by atoms with Crippen LogP contribution in [0.4, 0.5) is 5.69 Å². The largest absolute Gasteiger partial charge is 0.481 e. The van der Waals surface area contributed by atoms with E-state index in [9.17, 15) is 9.59 Å². The molecule has 2 aromatic rings. The number of rotatable bonds is 6. The third-order valence-corrected chi connectivity index (χ3v) is 3.19. The van der Waals surface area contributed by atoms with Crippen LogP contribution >= 0.6 is 0 Å². The van der Waals surface area contributed by atoms with Crippen LogP contribution in [0.5, 0.6) is 5.75 Å². The van der Waals surface area contributed by atoms with Crippen molar-refractivity contribution in [1.29, 1.82) is 0 Å². The highest BCUT2D eigenvalue weighted by atomic mass is 16.5. The summed E-state index contributed by atoms with van der Waals surface area (Å²) in [5.74, 6) is 0.0813. The molecular weight excluding hydrogens is 292 g/mol. The van der Waals surface area contributed by atoms with Crippen LogP contribution in [0.25, 0.3) is 0 Å². The Balaban J connectivity index is 2.06. The molecule has 120 valence electrons. The molecule has 5 nitrogen and oxygen atoms in total. The molecule has 0 heterocycles. The molecule has 0 bridgehead atoms. The van der Waals surface area contributed by atoms with Crippen LogP contribution in [0.1, 0.15) is 24.2 Å². The van der Waals surface area contributed by atoms with Crippen LogP contribution in [-0.2, 0) is 4.79 Å². The van der Waals surface area contributed by atoms with Crippen molar-refractivity contribution in [1.82, 2.24) is 5.32 Å². The molecule has 0 saturated carbocycles. The Morgan fingerprint density at radius 3 is 2.39 bits per heavy atom. The lowest BCUT2D eigenvalue weighted by atomic mass is 10.1. The zero-order chi connectivity index (χ0) is 16.7. The van der Waals surface area contributed by atoms with Crippen LogP contribution in [0.2, 0.25) is 0 Å². The number of ether oxygens (including phenoxy) is 1. The SMILES string of the molecule is CCNC(=O)c1ccccc1NC(=O)[C@H](C)Oc1ccccc1. The second-order valence-corrected chi connectivity index (χ2v) is 4.97. The number of anilines is 1. The lowest BCUT2D eigenvalue weighted by Gasteiger charge is -2.16. The molecule has 1 atom stereocenters. The van der Waals surface area contributed by atoms with E-state index in [-0.39, 0.29) is 11.8 Å². The van der Waals surface area contributed by atoms with Crippen LogP contribution in [0.3, 0.4) is 0 Å². The molecule has 0 fully saturated rings. The third kappa shape index (κ3) is 4.57. The standard InChI is InChI=1S/C18H20N2O3/c1-3-19-18(22)15-11-7-8-12-16(15)20-17(21)13(2)23-14-9-5-4-6-10-14/h4-13H,3H2,1-2H3,(H,19,22)(H,20,21)/t13-/m0/s1. The van der Waals surface area contributed by atoms with Gasteiger partial charge in [0, 0.05) is 6.54 Å². The molecule has 2 aromatic carbocycles. The first-order chi connectivity index (χ1) is 11.1. The van der Waals surface area contributed by atoms with E-state index in [1.807, 2.05) is 25.1 Å². The summed E-state index contributed by atoms with van der Waals surface area (Å²) in [7, 11) is 0. The molecule has 0 unspecified atom stereocenters. The van der Waals surface area contributed by atoms with E-state index in [2.05, 4.69) is 10.6 Å². The maximum Gasteiger partial charge on any atom is 0.265 e. The number of hydrogen-bond donors (Lipinski definition) is 2. The summed E-state index contributed by atoms with van der Waals surface area (Å²) < 4.78 is 5.58. The molecule has 0 aliphatic carbocycles. The average molecular weight is 312 g/mol. The van der Waals surface area contributed by atoms with Crippen molar-refractivity contribution in [3.05, 3.63) is 60.2 Å². The van der Waals surface area contributed by atoms with Crippen molar-refractivity contribution in [3.8, 4) is 5.75 Å². The highest BCUT2D eigenvalue weighted by Gasteiger charge is 2.18. The predicted molar refractivity (Wildman–Crippen MR) is 89.6 cm³/mol. The molecule has 0 aliphatic heterocycles. The van der Waals surface area contributed by atoms with Gasteiger partial charge in [-0.05, 0) is 38.1 Å². The Morgan fingerprint density at radius 1 is 1.04 bits per heavy atom. The van der Waals surface area contributed by atoms with Gasteiger partial charge >= 0.3 is 0 Å². The highest BCUT2D eigenvalue weighted by Crippen LogP contribution is 2.16. The first kappa shape index (κ1) is 16.5. The van der Waals surface area contributed by atoms with Gasteiger partial charge in [0.25, 0.3) is 11.8 Å². The molecule has 0 saturated heterocycles. The molecule has 23 heavy (non-hydrogen) atoms. The van der Waals surface area contributed by atoms with Gasteiger partial charge in [-0.3, -0.25) is 9.59 Å². The summed E-state index contributed by atoms with van der Waals surface area (Å²) in [5.41, 5.74) is 0.890. The van der Waals surface area contributed by atoms with Gasteiger partial charge in [-0.25, -0.2) is 0 Å². The van der Waals surface area contributed by atoms with Gasteiger partial charge in [-0.1, -0.05) is 30.3 Å². The Bertz CT molecular complexity index is 671. The first-order valence-corrected chi connectivity index (χ1v) is 7.51. The van der Waals surface area contributed by atoms with Crippen molar-refractivity contribution in [2.45, 2.75) is 20.0 Å². The number of carbonyl (C=O) groups is 2. The quantitative estimate of drug-likeness (QED) is 0.862. The maximum atomic E-state index is 12.3. The average Bonchev–Trinajstić information content (AvgIpc) is 2.56. The molecule has 5 heteroatoms. The van der Waals surface area contributed by atoms with E-state index in [0.717, 1.165) is 0 Å². The van der Waals surface area contributed by atoms with Gasteiger partial charge in [0.1, 0.15) is 5.75 Å². The minimum atomic E-state index is -0.681. The number of nitrogens with one attached hydrogen (secondary N) is 2. The summed E-state index contributed by atoms with van der Waals surface area (Å²) in [6.45, 7) is 4.03. The van der Waals surface area contributed by atoms with Crippen molar-refractivity contribution < 1.29 is 14.3 Å². The van der Waals surface area contributed by atoms with Gasteiger partial charge in [0.15, 0.2) is 6.10 Å². The maximum absolute atomic E-state index is 12.3. The Hall–Kier alpha value is -2.82. The summed E-state index contributed by atoms with van der Waals surface area (Å²) in [6.07, 6.45) is -0.681. The lowest BCUT2D eigenvalue weighted by Crippen LogP contribution is -2.31. The summed E-state index contributed by atoms with van der Waals surface area (Å²) in [6, 6.07) is 16.0. The van der Waals surface area contributed by atoms with Gasteiger partial charge in [0.05, 0.1) is 11.3 Å². The second kappa shape index (κ2) is 7.98. The first-order valence-electron chi connectivity index (χ1n) is 7.51. The monoisotopic (exact) mass is 312 g/mol. The molecule has 0 aliphatic rings. The molecule has 2 rings (SSSR count). The van der Waals surface area contributed by atoms with Crippen molar-refractivity contribution in [2.24, 2.45) is 0 Å². The fraction of sp³-hybridized carbons (Fsp3) is 0.222. The topological polar surface area (TPSA) is 67.4 Å². The van der Waals surface area contributed by atoms with Crippen LogP contribution < -0.4 is 15.4 Å². The van der Waals surface area contributed by atoms with Crippen LogP contribution in [0.15, 0.2) is 54.6 Å². The minimum Gasteiger partial charge on any atom is -0.481 e. The third-order valence-electron chi connectivity index (χ3n) is 3.19. The number of hydrogen-bond acceptors (Lipinski definition) is 3. The van der Waals surface area contributed by atoms with E-state index in [1.165, 1.54) is 0 Å². The molecular formula is C18H20N2O3. The Kier molecular flexibility index (Phi) is 5.74. The summed E-state index contributed by atoms with van der Waals surface area (Å²) in [5, 5.41) is 5.47. The number of carbonyl (C=O) groups excluding carboxylic acids is 2. The van der Waals surface area contributed by atoms with Gasteiger partial charge in [-0.15, -0.1) is 0 Å². The van der Waals surface area contributed by atoms with Gasteiger partial charge in [0.2, 0.25) is 0 Å². The fourth-order valence-corrected chi connectivity index (χ4v) is 2.04. The smallest absolute Gasteiger partial charge is 0.265 e. The minimum absolute atomic E-state index is 0.222. The zero-order valence-corrected chi connectivity index (χ0v) is 13.2. The zero-order valence-electron chi connectivity index (χ0n) is 13.2. The van der Waals surface area contributed by atoms with Crippen molar-refractivity contribution in [3.63, 3.8) is 0 Å². The molecule has 0 aromatic heterocycles.